The molecule has 27 heavy (non-hydrogen) atoms. The second kappa shape index (κ2) is 7.71. The molecule has 0 aliphatic carbocycles. The van der Waals surface area contributed by atoms with Crippen LogP contribution in [0.2, 0.25) is 5.02 Å². The molecule has 0 saturated heterocycles. The van der Waals surface area contributed by atoms with Gasteiger partial charge in [0.2, 0.25) is 0 Å². The van der Waals surface area contributed by atoms with E-state index in [1.807, 2.05) is 24.3 Å². The average Bonchev–Trinajstić information content (AvgIpc) is 3.16. The highest BCUT2D eigenvalue weighted by atomic mass is 35.5. The maximum absolute atomic E-state index is 12.9. The van der Waals surface area contributed by atoms with Crippen molar-refractivity contribution < 1.29 is 18.0 Å². The van der Waals surface area contributed by atoms with Crippen LogP contribution in [0.4, 0.5) is 23.7 Å². The number of hydrogen-bond donors (Lipinski definition) is 3. The molecule has 1 heterocycles. The second-order valence-electron chi connectivity index (χ2n) is 5.69. The molecule has 5 nitrogen and oxygen atoms in total. The monoisotopic (exact) mass is 394 g/mol. The average molecular weight is 395 g/mol. The molecule has 9 heteroatoms. The molecule has 0 atom stereocenters. The second-order valence-corrected chi connectivity index (χ2v) is 6.09. The Morgan fingerprint density at radius 2 is 1.96 bits per heavy atom. The number of carbonyl (C=O) groups excluding carboxylic acids is 1. The summed E-state index contributed by atoms with van der Waals surface area (Å²) in [6, 6.07) is 10.0. The number of nitrogens with one attached hydrogen (secondary N) is 3. The predicted molar refractivity (Wildman–Crippen MR) is 96.3 cm³/mol. The van der Waals surface area contributed by atoms with E-state index in [1.54, 1.807) is 12.4 Å². The molecule has 2 aromatic carbocycles. The van der Waals surface area contributed by atoms with Crippen molar-refractivity contribution in [3.8, 4) is 11.1 Å². The van der Waals surface area contributed by atoms with Gasteiger partial charge in [-0.3, -0.25) is 5.10 Å². The Bertz CT molecular complexity index is 942. The van der Waals surface area contributed by atoms with Crippen molar-refractivity contribution in [3.05, 3.63) is 71.0 Å². The van der Waals surface area contributed by atoms with Crippen LogP contribution < -0.4 is 10.6 Å². The summed E-state index contributed by atoms with van der Waals surface area (Å²) in [5.74, 6) is 0. The third kappa shape index (κ3) is 4.79. The van der Waals surface area contributed by atoms with Crippen molar-refractivity contribution in [2.45, 2.75) is 12.7 Å². The van der Waals surface area contributed by atoms with E-state index in [-0.39, 0.29) is 12.2 Å². The topological polar surface area (TPSA) is 69.8 Å². The fourth-order valence-corrected chi connectivity index (χ4v) is 2.67. The Morgan fingerprint density at radius 3 is 2.67 bits per heavy atom. The van der Waals surface area contributed by atoms with Gasteiger partial charge in [-0.25, -0.2) is 4.79 Å². The van der Waals surface area contributed by atoms with Crippen LogP contribution in [-0.2, 0) is 12.7 Å². The van der Waals surface area contributed by atoms with Crippen LogP contribution in [0.5, 0.6) is 0 Å². The Hall–Kier alpha value is -3.00. The highest BCUT2D eigenvalue weighted by Gasteiger charge is 2.33. The first kappa shape index (κ1) is 18.8. The number of carbonyl (C=O) groups is 1. The van der Waals surface area contributed by atoms with E-state index >= 15 is 0 Å². The van der Waals surface area contributed by atoms with Crippen molar-refractivity contribution >= 4 is 23.3 Å². The molecular formula is C18H14ClF3N4O. The zero-order valence-corrected chi connectivity index (χ0v) is 14.5. The molecular weight excluding hydrogens is 381 g/mol. The Kier molecular flexibility index (Phi) is 5.36. The van der Waals surface area contributed by atoms with E-state index in [9.17, 15) is 18.0 Å². The SMILES string of the molecule is O=C(NCc1cccc(-c2cn[nH]c2)c1)Nc1ccc(Cl)c(C(F)(F)F)c1. The predicted octanol–water partition coefficient (Wildman–Crippen LogP) is 5.07. The highest BCUT2D eigenvalue weighted by Crippen LogP contribution is 2.36. The maximum atomic E-state index is 12.9. The molecule has 0 fully saturated rings. The fraction of sp³-hybridized carbons (Fsp3) is 0.111. The molecule has 3 N–H and O–H groups in total. The number of hydrogen-bond acceptors (Lipinski definition) is 2. The zero-order chi connectivity index (χ0) is 19.4. The number of aromatic amines is 1. The first-order valence-corrected chi connectivity index (χ1v) is 8.20. The van der Waals surface area contributed by atoms with Crippen molar-refractivity contribution in [3.63, 3.8) is 0 Å². The Morgan fingerprint density at radius 1 is 1.15 bits per heavy atom. The largest absolute Gasteiger partial charge is 0.417 e. The van der Waals surface area contributed by atoms with Gasteiger partial charge in [-0.05, 0) is 35.4 Å². The number of urea groups is 1. The lowest BCUT2D eigenvalue weighted by atomic mass is 10.1. The van der Waals surface area contributed by atoms with E-state index in [2.05, 4.69) is 20.8 Å². The number of benzene rings is 2. The molecule has 1 aromatic heterocycles. The third-order valence-electron chi connectivity index (χ3n) is 3.74. The van der Waals surface area contributed by atoms with Gasteiger partial charge in [0, 0.05) is 24.0 Å². The van der Waals surface area contributed by atoms with E-state index in [4.69, 9.17) is 11.6 Å². The first-order chi connectivity index (χ1) is 12.8. The summed E-state index contributed by atoms with van der Waals surface area (Å²) in [7, 11) is 0. The van der Waals surface area contributed by atoms with Crippen LogP contribution in [0.15, 0.2) is 54.9 Å². The zero-order valence-electron chi connectivity index (χ0n) is 13.8. The molecule has 0 spiro atoms. The summed E-state index contributed by atoms with van der Waals surface area (Å²) < 4.78 is 38.6. The van der Waals surface area contributed by atoms with Crippen LogP contribution in [0, 0.1) is 0 Å². The number of H-pyrrole nitrogens is 1. The van der Waals surface area contributed by atoms with Gasteiger partial charge < -0.3 is 10.6 Å². The molecule has 0 unspecified atom stereocenters. The summed E-state index contributed by atoms with van der Waals surface area (Å²) in [6.45, 7) is 0.206. The summed E-state index contributed by atoms with van der Waals surface area (Å²) in [6.07, 6.45) is -1.17. The van der Waals surface area contributed by atoms with E-state index in [0.717, 1.165) is 28.8 Å². The van der Waals surface area contributed by atoms with Crippen molar-refractivity contribution in [2.75, 3.05) is 5.32 Å². The van der Waals surface area contributed by atoms with Crippen molar-refractivity contribution in [1.29, 1.82) is 0 Å². The first-order valence-electron chi connectivity index (χ1n) is 7.82. The van der Waals surface area contributed by atoms with E-state index in [0.29, 0.717) is 0 Å². The number of amides is 2. The number of nitrogens with zero attached hydrogens (tertiary/aromatic N) is 1. The number of alkyl halides is 3. The summed E-state index contributed by atoms with van der Waals surface area (Å²) in [5.41, 5.74) is 1.65. The van der Waals surface area contributed by atoms with Gasteiger partial charge in [0.1, 0.15) is 0 Å². The molecule has 0 aliphatic heterocycles. The van der Waals surface area contributed by atoms with Crippen LogP contribution >= 0.6 is 11.6 Å². The molecule has 0 radical (unpaired) electrons. The Labute approximate surface area is 157 Å². The van der Waals surface area contributed by atoms with Gasteiger partial charge in [0.25, 0.3) is 0 Å². The summed E-state index contributed by atoms with van der Waals surface area (Å²) in [5, 5.41) is 11.2. The lowest BCUT2D eigenvalue weighted by Gasteiger charge is -2.12. The molecule has 3 rings (SSSR count). The molecule has 0 bridgehead atoms. The van der Waals surface area contributed by atoms with Crippen LogP contribution in [0.3, 0.4) is 0 Å². The van der Waals surface area contributed by atoms with Gasteiger partial charge in [-0.1, -0.05) is 29.8 Å². The lowest BCUT2D eigenvalue weighted by molar-refractivity contribution is -0.137. The van der Waals surface area contributed by atoms with Crippen LogP contribution in [0.25, 0.3) is 11.1 Å². The van der Waals surface area contributed by atoms with Gasteiger partial charge in [0.15, 0.2) is 0 Å². The fourth-order valence-electron chi connectivity index (χ4n) is 2.45. The smallest absolute Gasteiger partial charge is 0.334 e. The minimum atomic E-state index is -4.60. The van der Waals surface area contributed by atoms with Crippen molar-refractivity contribution in [1.82, 2.24) is 15.5 Å². The molecule has 3 aromatic rings. The number of aromatic nitrogens is 2. The Balaban J connectivity index is 1.63. The summed E-state index contributed by atoms with van der Waals surface area (Å²) in [4.78, 5) is 12.0. The normalized spacial score (nSPS) is 11.3. The quantitative estimate of drug-likeness (QED) is 0.578. The molecule has 0 aliphatic rings. The van der Waals surface area contributed by atoms with Gasteiger partial charge in [-0.15, -0.1) is 0 Å². The molecule has 140 valence electrons. The van der Waals surface area contributed by atoms with E-state index in [1.165, 1.54) is 6.07 Å². The minimum Gasteiger partial charge on any atom is -0.334 e. The highest BCUT2D eigenvalue weighted by molar-refractivity contribution is 6.31. The standard InChI is InChI=1S/C18H14ClF3N4O/c19-16-5-4-14(7-15(16)18(20,21)22)26-17(27)23-8-11-2-1-3-12(6-11)13-9-24-25-10-13/h1-7,9-10H,8H2,(H,24,25)(H2,23,26,27). The summed E-state index contributed by atoms with van der Waals surface area (Å²) >= 11 is 5.56. The van der Waals surface area contributed by atoms with Crippen LogP contribution in [-0.4, -0.2) is 16.2 Å². The van der Waals surface area contributed by atoms with Gasteiger partial charge in [-0.2, -0.15) is 18.3 Å². The molecule has 2 amide bonds. The maximum Gasteiger partial charge on any atom is 0.417 e. The lowest BCUT2D eigenvalue weighted by Crippen LogP contribution is -2.28. The number of anilines is 1. The van der Waals surface area contributed by atoms with Gasteiger partial charge >= 0.3 is 12.2 Å². The number of rotatable bonds is 4. The van der Waals surface area contributed by atoms with E-state index < -0.39 is 22.8 Å². The van der Waals surface area contributed by atoms with Gasteiger partial charge in [0.05, 0.1) is 16.8 Å². The van der Waals surface area contributed by atoms with Crippen molar-refractivity contribution in [2.24, 2.45) is 0 Å². The molecule has 0 saturated carbocycles. The number of halogens is 4. The third-order valence-corrected chi connectivity index (χ3v) is 4.07. The van der Waals surface area contributed by atoms with Crippen LogP contribution in [0.1, 0.15) is 11.1 Å². The minimum absolute atomic E-state index is 0.00336.